The summed E-state index contributed by atoms with van der Waals surface area (Å²) in [7, 11) is -2.12. The summed E-state index contributed by atoms with van der Waals surface area (Å²) in [6.07, 6.45) is 3.35. The van der Waals surface area contributed by atoms with Crippen molar-refractivity contribution in [2.75, 3.05) is 30.8 Å². The van der Waals surface area contributed by atoms with E-state index in [4.69, 9.17) is 4.74 Å². The van der Waals surface area contributed by atoms with Crippen molar-refractivity contribution in [3.8, 4) is 5.75 Å². The van der Waals surface area contributed by atoms with Crippen LogP contribution < -0.4 is 14.4 Å². The number of ether oxygens (including phenoxy) is 1. The SMILES string of the molecule is CCCCNC(=O)[C@H](C)N(Cc1cccc(C)c1)C(=O)CCCN(c1ccccc1OC)S(C)(=O)=O. The van der Waals surface area contributed by atoms with Crippen LogP contribution in [0.1, 0.15) is 50.7 Å². The Kier molecular flexibility index (Phi) is 11.2. The van der Waals surface area contributed by atoms with Gasteiger partial charge in [-0.3, -0.25) is 13.9 Å². The van der Waals surface area contributed by atoms with E-state index in [1.807, 2.05) is 38.1 Å². The van der Waals surface area contributed by atoms with E-state index in [9.17, 15) is 18.0 Å². The van der Waals surface area contributed by atoms with Gasteiger partial charge in [0.05, 0.1) is 19.1 Å². The van der Waals surface area contributed by atoms with Crippen LogP contribution in [0.25, 0.3) is 0 Å². The topological polar surface area (TPSA) is 96.0 Å². The molecule has 36 heavy (non-hydrogen) atoms. The molecule has 1 atom stereocenters. The van der Waals surface area contributed by atoms with Gasteiger partial charge < -0.3 is 15.0 Å². The molecule has 1 N–H and O–H groups in total. The second kappa shape index (κ2) is 13.9. The molecule has 0 aliphatic carbocycles. The zero-order valence-corrected chi connectivity index (χ0v) is 22.8. The van der Waals surface area contributed by atoms with Crippen molar-refractivity contribution in [2.45, 2.75) is 59.0 Å². The lowest BCUT2D eigenvalue weighted by molar-refractivity contribution is -0.140. The highest BCUT2D eigenvalue weighted by Gasteiger charge is 2.27. The van der Waals surface area contributed by atoms with Gasteiger partial charge in [-0.2, -0.15) is 0 Å². The molecule has 8 nitrogen and oxygen atoms in total. The molecule has 9 heteroatoms. The summed E-state index contributed by atoms with van der Waals surface area (Å²) >= 11 is 0. The molecule has 0 aliphatic rings. The van der Waals surface area contributed by atoms with Crippen LogP contribution >= 0.6 is 0 Å². The van der Waals surface area contributed by atoms with Crippen molar-refractivity contribution >= 4 is 27.5 Å². The van der Waals surface area contributed by atoms with E-state index in [0.29, 0.717) is 30.9 Å². The van der Waals surface area contributed by atoms with Gasteiger partial charge in [0.25, 0.3) is 0 Å². The molecule has 2 rings (SSSR count). The zero-order valence-electron chi connectivity index (χ0n) is 22.0. The maximum atomic E-state index is 13.4. The Morgan fingerprint density at radius 1 is 1.08 bits per heavy atom. The van der Waals surface area contributed by atoms with Gasteiger partial charge in [0.15, 0.2) is 0 Å². The van der Waals surface area contributed by atoms with Crippen LogP contribution in [-0.4, -0.2) is 57.6 Å². The quantitative estimate of drug-likeness (QED) is 0.384. The second-order valence-corrected chi connectivity index (χ2v) is 10.8. The van der Waals surface area contributed by atoms with Crippen LogP contribution in [0.2, 0.25) is 0 Å². The van der Waals surface area contributed by atoms with Crippen LogP contribution in [0.5, 0.6) is 5.75 Å². The summed E-state index contributed by atoms with van der Waals surface area (Å²) in [6, 6.07) is 14.1. The molecule has 198 valence electrons. The Morgan fingerprint density at radius 2 is 1.81 bits per heavy atom. The number of methoxy groups -OCH3 is 1. The largest absolute Gasteiger partial charge is 0.495 e. The standard InChI is InChI=1S/C27H39N3O5S/c1-6-7-17-28-27(32)22(3)29(20-23-13-10-12-21(2)19-23)26(31)16-11-18-30(36(5,33)34)24-14-8-9-15-25(24)35-4/h8-10,12-15,19,22H,6-7,11,16-18,20H2,1-5H3,(H,28,32)/t22-/m0/s1. The fourth-order valence-electron chi connectivity index (χ4n) is 3.94. The monoisotopic (exact) mass is 517 g/mol. The van der Waals surface area contributed by atoms with E-state index in [0.717, 1.165) is 30.2 Å². The first kappa shape index (κ1) is 29.2. The van der Waals surface area contributed by atoms with Gasteiger partial charge in [-0.05, 0) is 44.4 Å². The number of sulfonamides is 1. The normalized spacial score (nSPS) is 12.0. The Morgan fingerprint density at radius 3 is 2.44 bits per heavy atom. The van der Waals surface area contributed by atoms with Gasteiger partial charge in [0.2, 0.25) is 21.8 Å². The Labute approximate surface area is 215 Å². The smallest absolute Gasteiger partial charge is 0.242 e. The van der Waals surface area contributed by atoms with Crippen LogP contribution in [0.3, 0.4) is 0 Å². The number of benzene rings is 2. The molecule has 0 saturated carbocycles. The highest BCUT2D eigenvalue weighted by Crippen LogP contribution is 2.29. The van der Waals surface area contributed by atoms with Gasteiger partial charge in [-0.15, -0.1) is 0 Å². The molecular formula is C27H39N3O5S. The molecule has 0 aliphatic heterocycles. The van der Waals surface area contributed by atoms with Crippen molar-refractivity contribution in [3.05, 3.63) is 59.7 Å². The number of nitrogens with one attached hydrogen (secondary N) is 1. The van der Waals surface area contributed by atoms with Crippen LogP contribution in [0, 0.1) is 6.92 Å². The molecule has 0 bridgehead atoms. The average molecular weight is 518 g/mol. The molecule has 0 aromatic heterocycles. The maximum Gasteiger partial charge on any atom is 0.242 e. The highest BCUT2D eigenvalue weighted by molar-refractivity contribution is 7.92. The maximum absolute atomic E-state index is 13.4. The average Bonchev–Trinajstić information content (AvgIpc) is 2.84. The first-order chi connectivity index (χ1) is 17.1. The van der Waals surface area contributed by atoms with Crippen molar-refractivity contribution < 1.29 is 22.7 Å². The van der Waals surface area contributed by atoms with Crippen LogP contribution in [0.15, 0.2) is 48.5 Å². The predicted molar refractivity (Wildman–Crippen MR) is 144 cm³/mol. The summed E-state index contributed by atoms with van der Waals surface area (Å²) in [6.45, 7) is 6.73. The number of nitrogens with zero attached hydrogens (tertiary/aromatic N) is 2. The third-order valence-electron chi connectivity index (χ3n) is 5.94. The lowest BCUT2D eigenvalue weighted by Crippen LogP contribution is -2.48. The fourth-order valence-corrected chi connectivity index (χ4v) is 4.91. The summed E-state index contributed by atoms with van der Waals surface area (Å²) in [5, 5.41) is 2.91. The van der Waals surface area contributed by atoms with Gasteiger partial charge in [0.1, 0.15) is 11.8 Å². The van der Waals surface area contributed by atoms with Crippen molar-refractivity contribution in [1.82, 2.24) is 10.2 Å². The van der Waals surface area contributed by atoms with Gasteiger partial charge in [-0.25, -0.2) is 8.42 Å². The Balaban J connectivity index is 2.17. The third kappa shape index (κ3) is 8.55. The second-order valence-electron chi connectivity index (χ2n) is 8.94. The van der Waals surface area contributed by atoms with Crippen molar-refractivity contribution in [2.24, 2.45) is 0 Å². The van der Waals surface area contributed by atoms with Crippen molar-refractivity contribution in [3.63, 3.8) is 0 Å². The summed E-state index contributed by atoms with van der Waals surface area (Å²) in [4.78, 5) is 27.7. The van der Waals surface area contributed by atoms with E-state index in [2.05, 4.69) is 5.32 Å². The van der Waals surface area contributed by atoms with Crippen molar-refractivity contribution in [1.29, 1.82) is 0 Å². The number of unbranched alkanes of at least 4 members (excludes halogenated alkanes) is 1. The van der Waals surface area contributed by atoms with Gasteiger partial charge in [-0.1, -0.05) is 55.3 Å². The molecule has 0 spiro atoms. The number of aryl methyl sites for hydroxylation is 1. The summed E-state index contributed by atoms with van der Waals surface area (Å²) < 4.78 is 31.6. The summed E-state index contributed by atoms with van der Waals surface area (Å²) in [5.41, 5.74) is 2.43. The predicted octanol–water partition coefficient (Wildman–Crippen LogP) is 3.88. The number of hydrogen-bond acceptors (Lipinski definition) is 5. The Bertz CT molecular complexity index is 1120. The van der Waals surface area contributed by atoms with E-state index in [1.165, 1.54) is 11.4 Å². The lowest BCUT2D eigenvalue weighted by Gasteiger charge is -2.29. The number of carbonyl (C=O) groups is 2. The molecule has 0 fully saturated rings. The van der Waals surface area contributed by atoms with Gasteiger partial charge >= 0.3 is 0 Å². The molecule has 2 aromatic rings. The number of rotatable bonds is 14. The summed E-state index contributed by atoms with van der Waals surface area (Å²) in [5.74, 6) is 0.0343. The molecular weight excluding hydrogens is 478 g/mol. The van der Waals surface area contributed by atoms with E-state index in [-0.39, 0.29) is 24.8 Å². The van der Waals surface area contributed by atoms with Crippen LogP contribution in [-0.2, 0) is 26.2 Å². The molecule has 0 unspecified atom stereocenters. The minimum Gasteiger partial charge on any atom is -0.495 e. The molecule has 0 radical (unpaired) electrons. The van der Waals surface area contributed by atoms with Crippen LogP contribution in [0.4, 0.5) is 5.69 Å². The van der Waals surface area contributed by atoms with E-state index >= 15 is 0 Å². The third-order valence-corrected chi connectivity index (χ3v) is 7.12. The number of para-hydroxylation sites is 2. The number of anilines is 1. The molecule has 0 heterocycles. The minimum atomic E-state index is -3.60. The Hall–Kier alpha value is -3.07. The van der Waals surface area contributed by atoms with E-state index < -0.39 is 16.1 Å². The lowest BCUT2D eigenvalue weighted by atomic mass is 10.1. The first-order valence-corrected chi connectivity index (χ1v) is 14.2. The van der Waals surface area contributed by atoms with E-state index in [1.54, 1.807) is 36.1 Å². The molecule has 2 aromatic carbocycles. The van der Waals surface area contributed by atoms with Gasteiger partial charge in [0, 0.05) is 26.1 Å². The number of hydrogen-bond donors (Lipinski definition) is 1. The minimum absolute atomic E-state index is 0.0968. The zero-order chi connectivity index (χ0) is 26.7. The molecule has 0 saturated heterocycles. The number of amides is 2. The first-order valence-electron chi connectivity index (χ1n) is 12.3. The highest BCUT2D eigenvalue weighted by atomic mass is 32.2. The molecule has 2 amide bonds. The fraction of sp³-hybridized carbons (Fsp3) is 0.481. The number of carbonyl (C=O) groups excluding carboxylic acids is 2.